The van der Waals surface area contributed by atoms with Crippen LogP contribution in [-0.2, 0) is 0 Å². The van der Waals surface area contributed by atoms with E-state index in [1.165, 1.54) is 66.2 Å². The predicted molar refractivity (Wildman–Crippen MR) is 431 cm³/mol. The molecule has 0 saturated heterocycles. The number of aromatic nitrogens is 6. The van der Waals surface area contributed by atoms with E-state index in [9.17, 15) is 0 Å². The molecule has 16 aromatic carbocycles. The molecule has 0 unspecified atom stereocenters. The summed E-state index contributed by atoms with van der Waals surface area (Å²) in [5.74, 6) is 3.51. The summed E-state index contributed by atoms with van der Waals surface area (Å²) in [6, 6.07) is 120. The first-order valence-corrected chi connectivity index (χ1v) is 35.8. The van der Waals surface area contributed by atoms with Crippen molar-refractivity contribution in [2.24, 2.45) is 0 Å². The van der Waals surface area contributed by atoms with Gasteiger partial charge in [-0.15, -0.1) is 0 Å². The van der Waals surface area contributed by atoms with Gasteiger partial charge in [-0.1, -0.05) is 297 Å². The van der Waals surface area contributed by atoms with Crippen LogP contribution in [0.3, 0.4) is 0 Å². The van der Waals surface area contributed by atoms with Crippen molar-refractivity contribution in [2.75, 3.05) is 0 Å². The minimum absolute atomic E-state index is 0.564. The molecule has 2 aliphatic carbocycles. The zero-order valence-electron chi connectivity index (χ0n) is 56.8. The molecular formula is C98H56N6O2. The van der Waals surface area contributed by atoms with Crippen molar-refractivity contribution in [3.8, 4) is 168 Å². The molecule has 22 rings (SSSR count). The Bertz CT molecular complexity index is 7030. The van der Waals surface area contributed by atoms with Crippen LogP contribution < -0.4 is 0 Å². The molecule has 2 aliphatic rings. The van der Waals surface area contributed by atoms with Gasteiger partial charge in [-0.25, -0.2) is 29.9 Å². The minimum atomic E-state index is 0.564. The number of nitrogens with zero attached hydrogens (tertiary/aromatic N) is 6. The maximum atomic E-state index is 6.84. The van der Waals surface area contributed by atoms with Gasteiger partial charge in [0.15, 0.2) is 34.9 Å². The molecule has 0 atom stereocenters. The SMILES string of the molecule is c1ccc(-c2ccc(-c3nc(-c4ccccc4)nc(-c4cc(-c5ccc6c7c(cccc57)-c5ccc(-c7ccc8c(-c9ccc%10oc%11cccc(-c%12nc(-c%13ccccc%13)nc(-c%13ccc(-c%14ccccc%14)cc%13)n%12)c%11c%10c9)ccc9c8c7-c7ccccc7-9)cc5-6)cc5oc6ccccc6c45)n3)cc2)cc1. The number of benzene rings is 16. The third-order valence-corrected chi connectivity index (χ3v) is 21.5. The average molecular weight is 1350 g/mol. The molecule has 4 heterocycles. The van der Waals surface area contributed by atoms with E-state index in [0.717, 1.165) is 133 Å². The number of para-hydroxylation sites is 1. The summed E-state index contributed by atoms with van der Waals surface area (Å²) >= 11 is 0. The van der Waals surface area contributed by atoms with E-state index < -0.39 is 0 Å². The quantitative estimate of drug-likeness (QED) is 0.126. The van der Waals surface area contributed by atoms with Gasteiger partial charge in [-0.2, -0.15) is 0 Å². The normalized spacial score (nSPS) is 12.0. The lowest BCUT2D eigenvalue weighted by atomic mass is 9.88. The number of rotatable bonds is 11. The molecule has 0 N–H and O–H groups in total. The second-order valence-corrected chi connectivity index (χ2v) is 27.5. The summed E-state index contributed by atoms with van der Waals surface area (Å²) in [5.41, 5.74) is 29.4. The van der Waals surface area contributed by atoms with Crippen molar-refractivity contribution < 1.29 is 8.83 Å². The molecule has 0 saturated carbocycles. The maximum absolute atomic E-state index is 6.84. The molecule has 8 nitrogen and oxygen atoms in total. The van der Waals surface area contributed by atoms with Crippen LogP contribution >= 0.6 is 0 Å². The highest BCUT2D eigenvalue weighted by atomic mass is 16.3. The Labute approximate surface area is 608 Å². The second kappa shape index (κ2) is 23.6. The fraction of sp³-hybridized carbons (Fsp3) is 0. The van der Waals surface area contributed by atoms with E-state index in [4.69, 9.17) is 38.7 Å². The fourth-order valence-corrected chi connectivity index (χ4v) is 16.6. The second-order valence-electron chi connectivity index (χ2n) is 27.5. The molecule has 0 aliphatic heterocycles. The lowest BCUT2D eigenvalue weighted by molar-refractivity contribution is 0.668. The van der Waals surface area contributed by atoms with Crippen molar-refractivity contribution >= 4 is 65.4 Å². The van der Waals surface area contributed by atoms with Crippen LogP contribution in [0.5, 0.6) is 0 Å². The van der Waals surface area contributed by atoms with Crippen LogP contribution in [0.2, 0.25) is 0 Å². The first-order chi connectivity index (χ1) is 52.5. The summed E-state index contributed by atoms with van der Waals surface area (Å²) in [5, 5.41) is 8.69. The maximum Gasteiger partial charge on any atom is 0.164 e. The standard InChI is InChI=1S/C98H56N6O2/c1-5-19-57(20-6-1)59-35-39-63(40-36-59)95-99-93(61-23-9-3-10-24-61)101-97(102-95)80-32-18-34-86-90(80)82-54-65(44-52-85(82)105-86)68-46-49-77-71-27-13-14-28-75(71)91-70(48-51-76(68)92(77)91)66-43-45-72-74-31-17-30-73-69(47-50-78(88(73)74)81(72)53-66)67-55-83(89-79-29-15-16-33-84(79)106-87(89)56-67)98-103-94(62-25-11-4-12-26-62)100-96(104-98)64-41-37-60(38-42-64)58-21-7-2-8-22-58/h1-56H. The van der Waals surface area contributed by atoms with Crippen LogP contribution in [0.4, 0.5) is 0 Å². The smallest absolute Gasteiger partial charge is 0.164 e. The van der Waals surface area contributed by atoms with Gasteiger partial charge >= 0.3 is 0 Å². The third-order valence-electron chi connectivity index (χ3n) is 21.5. The number of hydrogen-bond acceptors (Lipinski definition) is 8. The van der Waals surface area contributed by atoms with E-state index in [0.29, 0.717) is 34.9 Å². The Hall–Kier alpha value is -14.3. The summed E-state index contributed by atoms with van der Waals surface area (Å²) < 4.78 is 13.6. The van der Waals surface area contributed by atoms with Crippen molar-refractivity contribution in [3.63, 3.8) is 0 Å². The van der Waals surface area contributed by atoms with Gasteiger partial charge in [0, 0.05) is 54.9 Å². The molecule has 4 aromatic heterocycles. The zero-order chi connectivity index (χ0) is 69.5. The Kier molecular flexibility index (Phi) is 13.2. The summed E-state index contributed by atoms with van der Waals surface area (Å²) in [6.45, 7) is 0. The van der Waals surface area contributed by atoms with Gasteiger partial charge < -0.3 is 8.83 Å². The van der Waals surface area contributed by atoms with Gasteiger partial charge in [-0.05, 0) is 164 Å². The van der Waals surface area contributed by atoms with Crippen LogP contribution in [-0.4, -0.2) is 29.9 Å². The zero-order valence-corrected chi connectivity index (χ0v) is 56.8. The van der Waals surface area contributed by atoms with Gasteiger partial charge in [0.25, 0.3) is 0 Å². The molecule has 0 fully saturated rings. The highest BCUT2D eigenvalue weighted by Gasteiger charge is 2.30. The monoisotopic (exact) mass is 1350 g/mol. The topological polar surface area (TPSA) is 104 Å². The average Bonchev–Trinajstić information content (AvgIpc) is 1.54. The van der Waals surface area contributed by atoms with Crippen LogP contribution in [0.15, 0.2) is 349 Å². The fourth-order valence-electron chi connectivity index (χ4n) is 16.6. The van der Waals surface area contributed by atoms with Crippen molar-refractivity contribution in [1.29, 1.82) is 0 Å². The van der Waals surface area contributed by atoms with E-state index in [1.54, 1.807) is 0 Å². The third kappa shape index (κ3) is 9.48. The number of furan rings is 2. The lowest BCUT2D eigenvalue weighted by Gasteiger charge is -2.15. The van der Waals surface area contributed by atoms with E-state index >= 15 is 0 Å². The Morgan fingerprint density at radius 2 is 0.528 bits per heavy atom. The Morgan fingerprint density at radius 1 is 0.151 bits per heavy atom. The van der Waals surface area contributed by atoms with Gasteiger partial charge in [-0.3, -0.25) is 0 Å². The van der Waals surface area contributed by atoms with E-state index in [2.05, 4.69) is 255 Å². The Morgan fingerprint density at radius 3 is 1.19 bits per heavy atom. The molecule has 106 heavy (non-hydrogen) atoms. The molecule has 490 valence electrons. The summed E-state index contributed by atoms with van der Waals surface area (Å²) in [6.07, 6.45) is 0. The molecule has 8 heteroatoms. The first-order valence-electron chi connectivity index (χ1n) is 35.8. The predicted octanol–water partition coefficient (Wildman–Crippen LogP) is 25.8. The molecule has 0 bridgehead atoms. The van der Waals surface area contributed by atoms with Crippen molar-refractivity contribution in [1.82, 2.24) is 29.9 Å². The number of hydrogen-bond donors (Lipinski definition) is 0. The van der Waals surface area contributed by atoms with Gasteiger partial charge in [0.05, 0.1) is 0 Å². The molecule has 0 amide bonds. The number of fused-ring (bicyclic) bond motifs is 12. The van der Waals surface area contributed by atoms with Crippen molar-refractivity contribution in [3.05, 3.63) is 340 Å². The minimum Gasteiger partial charge on any atom is -0.456 e. The van der Waals surface area contributed by atoms with Crippen LogP contribution in [0.1, 0.15) is 0 Å². The summed E-state index contributed by atoms with van der Waals surface area (Å²) in [4.78, 5) is 31.5. The molecule has 0 radical (unpaired) electrons. The Balaban J connectivity index is 0.650. The lowest BCUT2D eigenvalue weighted by Crippen LogP contribution is -2.00. The van der Waals surface area contributed by atoms with Gasteiger partial charge in [0.2, 0.25) is 0 Å². The van der Waals surface area contributed by atoms with Crippen LogP contribution in [0.25, 0.3) is 234 Å². The van der Waals surface area contributed by atoms with Gasteiger partial charge in [0.1, 0.15) is 22.3 Å². The van der Waals surface area contributed by atoms with E-state index in [-0.39, 0.29) is 0 Å². The molecular weight excluding hydrogens is 1290 g/mol. The van der Waals surface area contributed by atoms with Crippen molar-refractivity contribution in [2.45, 2.75) is 0 Å². The highest BCUT2D eigenvalue weighted by molar-refractivity contribution is 6.24. The highest BCUT2D eigenvalue weighted by Crippen LogP contribution is 2.56. The summed E-state index contributed by atoms with van der Waals surface area (Å²) in [7, 11) is 0. The molecule has 20 aromatic rings. The first kappa shape index (κ1) is 59.4. The van der Waals surface area contributed by atoms with E-state index in [1.807, 2.05) is 84.9 Å². The largest absolute Gasteiger partial charge is 0.456 e. The van der Waals surface area contributed by atoms with Crippen LogP contribution in [0, 0.1) is 0 Å². The molecule has 0 spiro atoms.